The summed E-state index contributed by atoms with van der Waals surface area (Å²) in [6.45, 7) is 2.72. The second-order valence-corrected chi connectivity index (χ2v) is 7.97. The van der Waals surface area contributed by atoms with Crippen LogP contribution in [0.2, 0.25) is 0 Å². The maximum atomic E-state index is 12.3. The quantitative estimate of drug-likeness (QED) is 0.420. The van der Waals surface area contributed by atoms with Crippen LogP contribution in [0.3, 0.4) is 0 Å². The average molecular weight is 391 g/mol. The monoisotopic (exact) mass is 391 g/mol. The molecule has 2 aromatic heterocycles. The summed E-state index contributed by atoms with van der Waals surface area (Å²) in [5, 5.41) is 14.6. The Labute approximate surface area is 167 Å². The summed E-state index contributed by atoms with van der Waals surface area (Å²) in [5.41, 5.74) is 4.35. The van der Waals surface area contributed by atoms with Gasteiger partial charge in [-0.3, -0.25) is 4.57 Å². The van der Waals surface area contributed by atoms with Crippen molar-refractivity contribution in [2.45, 2.75) is 50.9 Å². The number of aliphatic hydroxyl groups is 1. The van der Waals surface area contributed by atoms with Gasteiger partial charge in [-0.05, 0) is 38.0 Å². The molecule has 0 bridgehead atoms. The molecule has 7 nitrogen and oxygen atoms in total. The molecular weight excluding hydrogens is 366 g/mol. The van der Waals surface area contributed by atoms with Crippen LogP contribution >= 0.6 is 0 Å². The van der Waals surface area contributed by atoms with Crippen LogP contribution in [0.25, 0.3) is 22.1 Å². The van der Waals surface area contributed by atoms with Gasteiger partial charge in [-0.2, -0.15) is 0 Å². The Balaban J connectivity index is 1.29. The standard InChI is InChI=1S/C22H25N5O2/c1-13(9-10-19-24-15-6-2-3-7-16(15)25-19)23-18-11-12-27-20-14(21(18)28)5-4-8-17(20)26-22(27)29/h2-8,13,18,21,23,28H,9-12H2,1H3,(H,24,25)(H,26,29). The van der Waals surface area contributed by atoms with Crippen LogP contribution in [0.5, 0.6) is 0 Å². The highest BCUT2D eigenvalue weighted by Gasteiger charge is 2.29. The van der Waals surface area contributed by atoms with Crippen LogP contribution in [0.15, 0.2) is 47.3 Å². The van der Waals surface area contributed by atoms with E-state index in [1.165, 1.54) is 0 Å². The highest BCUT2D eigenvalue weighted by Crippen LogP contribution is 2.30. The highest BCUT2D eigenvalue weighted by atomic mass is 16.3. The lowest BCUT2D eigenvalue weighted by molar-refractivity contribution is 0.119. The zero-order chi connectivity index (χ0) is 20.0. The molecule has 0 fully saturated rings. The van der Waals surface area contributed by atoms with Gasteiger partial charge in [0.1, 0.15) is 5.82 Å². The van der Waals surface area contributed by atoms with Gasteiger partial charge < -0.3 is 20.4 Å². The molecule has 1 aliphatic rings. The number of aromatic nitrogens is 4. The molecule has 0 aliphatic carbocycles. The SMILES string of the molecule is CC(CCc1nc2ccccc2[nH]1)NC1CCn2c(=O)[nH]c3cccc(c32)C1O. The number of H-pyrrole nitrogens is 2. The van der Waals surface area contributed by atoms with Gasteiger partial charge in [-0.1, -0.05) is 24.3 Å². The second-order valence-electron chi connectivity index (χ2n) is 7.97. The van der Waals surface area contributed by atoms with Crippen LogP contribution in [0, 0.1) is 0 Å². The van der Waals surface area contributed by atoms with E-state index in [4.69, 9.17) is 0 Å². The number of hydrogen-bond donors (Lipinski definition) is 4. The normalized spacial score (nSPS) is 20.2. The number of fused-ring (bicyclic) bond motifs is 1. The number of hydrogen-bond acceptors (Lipinski definition) is 4. The van der Waals surface area contributed by atoms with Gasteiger partial charge in [-0.15, -0.1) is 0 Å². The van der Waals surface area contributed by atoms with Crippen molar-refractivity contribution in [3.05, 3.63) is 64.3 Å². The van der Waals surface area contributed by atoms with Gasteiger partial charge in [0, 0.05) is 30.6 Å². The number of para-hydroxylation sites is 3. The Morgan fingerprint density at radius 2 is 2.03 bits per heavy atom. The van der Waals surface area contributed by atoms with Crippen LogP contribution in [-0.4, -0.2) is 36.7 Å². The van der Waals surface area contributed by atoms with Crippen molar-refractivity contribution in [2.24, 2.45) is 0 Å². The van der Waals surface area contributed by atoms with E-state index in [1.54, 1.807) is 4.57 Å². The summed E-state index contributed by atoms with van der Waals surface area (Å²) in [7, 11) is 0. The van der Waals surface area contributed by atoms with Crippen LogP contribution in [0.1, 0.15) is 37.3 Å². The molecule has 2 aromatic carbocycles. The number of aromatic amines is 2. The molecule has 0 spiro atoms. The minimum absolute atomic E-state index is 0.106. The second kappa shape index (κ2) is 7.17. The lowest BCUT2D eigenvalue weighted by Crippen LogP contribution is -2.41. The summed E-state index contributed by atoms with van der Waals surface area (Å²) in [6.07, 6.45) is 1.77. The Bertz CT molecular complexity index is 1190. The number of aliphatic hydroxyl groups excluding tert-OH is 1. The summed E-state index contributed by atoms with van der Waals surface area (Å²) in [5.74, 6) is 0.980. The van der Waals surface area contributed by atoms with E-state index < -0.39 is 6.10 Å². The van der Waals surface area contributed by atoms with Crippen LogP contribution in [-0.2, 0) is 13.0 Å². The van der Waals surface area contributed by atoms with Gasteiger partial charge in [0.15, 0.2) is 0 Å². The topological polar surface area (TPSA) is 98.7 Å². The molecule has 4 N–H and O–H groups in total. The van der Waals surface area contributed by atoms with Crippen molar-refractivity contribution >= 4 is 22.1 Å². The smallest absolute Gasteiger partial charge is 0.326 e. The molecule has 0 radical (unpaired) electrons. The Morgan fingerprint density at radius 3 is 2.90 bits per heavy atom. The fourth-order valence-corrected chi connectivity index (χ4v) is 4.44. The Hall–Kier alpha value is -2.90. The zero-order valence-corrected chi connectivity index (χ0v) is 16.4. The minimum atomic E-state index is -0.656. The van der Waals surface area contributed by atoms with Crippen molar-refractivity contribution in [3.8, 4) is 0 Å². The van der Waals surface area contributed by atoms with Gasteiger partial charge >= 0.3 is 5.69 Å². The number of benzene rings is 2. The van der Waals surface area contributed by atoms with Gasteiger partial charge in [0.2, 0.25) is 0 Å². The molecule has 5 rings (SSSR count). The summed E-state index contributed by atoms with van der Waals surface area (Å²) in [6, 6.07) is 13.8. The largest absolute Gasteiger partial charge is 0.387 e. The summed E-state index contributed by atoms with van der Waals surface area (Å²) >= 11 is 0. The fraction of sp³-hybridized carbons (Fsp3) is 0.364. The molecular formula is C22H25N5O2. The Morgan fingerprint density at radius 1 is 1.21 bits per heavy atom. The predicted molar refractivity (Wildman–Crippen MR) is 113 cm³/mol. The third-order valence-electron chi connectivity index (χ3n) is 5.94. The molecule has 3 atom stereocenters. The number of aryl methyl sites for hydroxylation is 2. The predicted octanol–water partition coefficient (Wildman–Crippen LogP) is 2.62. The number of nitrogens with zero attached hydrogens (tertiary/aromatic N) is 2. The molecule has 4 aromatic rings. The first kappa shape index (κ1) is 18.1. The summed E-state index contributed by atoms with van der Waals surface area (Å²) in [4.78, 5) is 23.2. The number of nitrogens with one attached hydrogen (secondary N) is 3. The molecule has 3 heterocycles. The van der Waals surface area contributed by atoms with E-state index in [-0.39, 0.29) is 17.8 Å². The third-order valence-corrected chi connectivity index (χ3v) is 5.94. The third kappa shape index (κ3) is 3.26. The van der Waals surface area contributed by atoms with Crippen molar-refractivity contribution in [1.29, 1.82) is 0 Å². The molecule has 150 valence electrons. The van der Waals surface area contributed by atoms with E-state index in [0.29, 0.717) is 13.0 Å². The maximum Gasteiger partial charge on any atom is 0.326 e. The van der Waals surface area contributed by atoms with Gasteiger partial charge in [0.25, 0.3) is 0 Å². The average Bonchev–Trinajstić information content (AvgIpc) is 3.24. The minimum Gasteiger partial charge on any atom is -0.387 e. The van der Waals surface area contributed by atoms with Crippen molar-refractivity contribution in [1.82, 2.24) is 24.8 Å². The molecule has 0 amide bonds. The highest BCUT2D eigenvalue weighted by molar-refractivity contribution is 5.79. The Kier molecular flexibility index (Phi) is 4.49. The molecule has 29 heavy (non-hydrogen) atoms. The first-order valence-electron chi connectivity index (χ1n) is 10.2. The molecule has 1 aliphatic heterocycles. The van der Waals surface area contributed by atoms with E-state index in [0.717, 1.165) is 46.3 Å². The van der Waals surface area contributed by atoms with Crippen LogP contribution < -0.4 is 11.0 Å². The van der Waals surface area contributed by atoms with Gasteiger partial charge in [-0.25, -0.2) is 9.78 Å². The van der Waals surface area contributed by atoms with E-state index in [2.05, 4.69) is 27.2 Å². The van der Waals surface area contributed by atoms with Crippen molar-refractivity contribution in [2.75, 3.05) is 0 Å². The van der Waals surface area contributed by atoms with E-state index in [9.17, 15) is 9.90 Å². The van der Waals surface area contributed by atoms with E-state index in [1.807, 2.05) is 42.5 Å². The van der Waals surface area contributed by atoms with Crippen LogP contribution in [0.4, 0.5) is 0 Å². The van der Waals surface area contributed by atoms with Crippen molar-refractivity contribution < 1.29 is 5.11 Å². The fourth-order valence-electron chi connectivity index (χ4n) is 4.44. The first-order valence-corrected chi connectivity index (χ1v) is 10.2. The number of imidazole rings is 2. The first-order chi connectivity index (χ1) is 14.1. The van der Waals surface area contributed by atoms with Crippen molar-refractivity contribution in [3.63, 3.8) is 0 Å². The lowest BCUT2D eigenvalue weighted by Gasteiger charge is -2.26. The molecule has 0 saturated heterocycles. The summed E-state index contributed by atoms with van der Waals surface area (Å²) < 4.78 is 1.74. The maximum absolute atomic E-state index is 12.3. The van der Waals surface area contributed by atoms with E-state index >= 15 is 0 Å². The van der Waals surface area contributed by atoms with Gasteiger partial charge in [0.05, 0.1) is 28.2 Å². The molecule has 7 heteroatoms. The molecule has 0 saturated carbocycles. The lowest BCUT2D eigenvalue weighted by atomic mass is 9.98. The molecule has 3 unspecified atom stereocenters. The number of rotatable bonds is 5. The zero-order valence-electron chi connectivity index (χ0n) is 16.4.